The lowest BCUT2D eigenvalue weighted by Crippen LogP contribution is -2.41. The van der Waals surface area contributed by atoms with E-state index in [1.807, 2.05) is 30.3 Å². The Balaban J connectivity index is 1.87. The Labute approximate surface area is 167 Å². The molecule has 27 heavy (non-hydrogen) atoms. The lowest BCUT2D eigenvalue weighted by atomic mass is 9.96. The molecule has 2 N–H and O–H groups in total. The van der Waals surface area contributed by atoms with Crippen LogP contribution in [0.1, 0.15) is 12.8 Å². The molecule has 7 heteroatoms. The summed E-state index contributed by atoms with van der Waals surface area (Å²) >= 11 is 12.3. The molecule has 0 spiro atoms. The summed E-state index contributed by atoms with van der Waals surface area (Å²) < 4.78 is 0. The zero-order valence-electron chi connectivity index (χ0n) is 14.5. The highest BCUT2D eigenvalue weighted by Gasteiger charge is 2.26. The van der Waals surface area contributed by atoms with Crippen molar-refractivity contribution in [2.45, 2.75) is 12.8 Å². The third-order valence-corrected chi connectivity index (χ3v) is 5.74. The molecule has 1 atom stereocenters. The minimum absolute atomic E-state index is 0.166. The van der Waals surface area contributed by atoms with Crippen molar-refractivity contribution in [3.05, 3.63) is 52.8 Å². The number of rotatable bonds is 3. The Morgan fingerprint density at radius 3 is 2.78 bits per heavy atom. The van der Waals surface area contributed by atoms with Gasteiger partial charge in [0.2, 0.25) is 5.91 Å². The van der Waals surface area contributed by atoms with E-state index in [1.165, 1.54) is 0 Å². The van der Waals surface area contributed by atoms with E-state index in [4.69, 9.17) is 28.9 Å². The third-order valence-electron chi connectivity index (χ3n) is 5.00. The van der Waals surface area contributed by atoms with Crippen molar-refractivity contribution < 1.29 is 4.79 Å². The third kappa shape index (κ3) is 3.45. The maximum Gasteiger partial charge on any atom is 0.222 e. The molecule has 4 rings (SSSR count). The van der Waals surface area contributed by atoms with Crippen LogP contribution in [-0.2, 0) is 4.79 Å². The topological polar surface area (TPSA) is 72.1 Å². The van der Waals surface area contributed by atoms with E-state index in [2.05, 4.69) is 14.9 Å². The lowest BCUT2D eigenvalue weighted by Gasteiger charge is -2.33. The Morgan fingerprint density at radius 1 is 1.15 bits per heavy atom. The maximum absolute atomic E-state index is 11.7. The minimum atomic E-state index is -0.261. The highest BCUT2D eigenvalue weighted by atomic mass is 35.5. The molecule has 1 saturated heterocycles. The van der Waals surface area contributed by atoms with Gasteiger partial charge in [-0.3, -0.25) is 4.79 Å². The predicted octanol–water partition coefficient (Wildman–Crippen LogP) is 4.31. The summed E-state index contributed by atoms with van der Waals surface area (Å²) in [4.78, 5) is 22.8. The Hall–Kier alpha value is -2.37. The Kier molecular flexibility index (Phi) is 4.89. The fourth-order valence-electron chi connectivity index (χ4n) is 3.64. The smallest absolute Gasteiger partial charge is 0.222 e. The van der Waals surface area contributed by atoms with Crippen LogP contribution >= 0.6 is 23.2 Å². The van der Waals surface area contributed by atoms with Crippen molar-refractivity contribution in [1.82, 2.24) is 9.97 Å². The maximum atomic E-state index is 11.7. The summed E-state index contributed by atoms with van der Waals surface area (Å²) in [5.41, 5.74) is 8.30. The second-order valence-corrected chi connectivity index (χ2v) is 7.53. The quantitative estimate of drug-likeness (QED) is 0.710. The number of carbonyl (C=O) groups is 1. The van der Waals surface area contributed by atoms with Crippen LogP contribution in [0.3, 0.4) is 0 Å². The van der Waals surface area contributed by atoms with Gasteiger partial charge in [-0.25, -0.2) is 9.97 Å². The molecule has 5 nitrogen and oxygen atoms in total. The zero-order chi connectivity index (χ0) is 19.0. The number of nitrogens with two attached hydrogens (primary N) is 1. The molecule has 1 amide bonds. The molecule has 0 bridgehead atoms. The Morgan fingerprint density at radius 2 is 2.00 bits per heavy atom. The van der Waals surface area contributed by atoms with E-state index < -0.39 is 0 Å². The number of fused-ring (bicyclic) bond motifs is 1. The first kappa shape index (κ1) is 18.0. The van der Waals surface area contributed by atoms with Crippen LogP contribution < -0.4 is 10.6 Å². The van der Waals surface area contributed by atoms with Crippen molar-refractivity contribution in [2.75, 3.05) is 18.0 Å². The number of hydrogen-bond acceptors (Lipinski definition) is 4. The van der Waals surface area contributed by atoms with Crippen molar-refractivity contribution in [1.29, 1.82) is 0 Å². The van der Waals surface area contributed by atoms with Crippen molar-refractivity contribution in [2.24, 2.45) is 11.7 Å². The van der Waals surface area contributed by atoms with Gasteiger partial charge in [0.1, 0.15) is 12.1 Å². The average Bonchev–Trinajstić information content (AvgIpc) is 2.69. The highest BCUT2D eigenvalue weighted by Crippen LogP contribution is 2.37. The first-order chi connectivity index (χ1) is 13.0. The number of amides is 1. The van der Waals surface area contributed by atoms with Gasteiger partial charge in [-0.05, 0) is 42.2 Å². The molecular weight excluding hydrogens is 383 g/mol. The van der Waals surface area contributed by atoms with Crippen LogP contribution in [0, 0.1) is 5.92 Å². The van der Waals surface area contributed by atoms with Crippen molar-refractivity contribution in [3.63, 3.8) is 0 Å². The largest absolute Gasteiger partial charge is 0.369 e. The molecule has 3 aromatic rings. The summed E-state index contributed by atoms with van der Waals surface area (Å²) in [6.07, 6.45) is 3.27. The SMILES string of the molecule is NC(=O)C1CCCN(c2ncnc3cccc(-c4ccc(Cl)c(Cl)c4)c23)C1. The van der Waals surface area contributed by atoms with Gasteiger partial charge in [-0.2, -0.15) is 0 Å². The van der Waals surface area contributed by atoms with E-state index in [1.54, 1.807) is 12.4 Å². The Bertz CT molecular complexity index is 1020. The fraction of sp³-hybridized carbons (Fsp3) is 0.250. The second-order valence-electron chi connectivity index (χ2n) is 6.71. The van der Waals surface area contributed by atoms with Crippen molar-refractivity contribution >= 4 is 45.8 Å². The van der Waals surface area contributed by atoms with Crippen LogP contribution in [0.15, 0.2) is 42.7 Å². The van der Waals surface area contributed by atoms with Gasteiger partial charge in [-0.15, -0.1) is 0 Å². The van der Waals surface area contributed by atoms with E-state index in [9.17, 15) is 4.79 Å². The number of hydrogen-bond donors (Lipinski definition) is 1. The monoisotopic (exact) mass is 400 g/mol. The number of benzene rings is 2. The second kappa shape index (κ2) is 7.33. The molecule has 2 heterocycles. The van der Waals surface area contributed by atoms with Crippen molar-refractivity contribution in [3.8, 4) is 11.1 Å². The van der Waals surface area contributed by atoms with Crippen LogP contribution in [-0.4, -0.2) is 29.0 Å². The molecule has 0 saturated carbocycles. The van der Waals surface area contributed by atoms with Gasteiger partial charge < -0.3 is 10.6 Å². The number of carbonyl (C=O) groups excluding carboxylic acids is 1. The summed E-state index contributed by atoms with van der Waals surface area (Å²) in [5.74, 6) is 0.385. The van der Waals surface area contributed by atoms with Gasteiger partial charge >= 0.3 is 0 Å². The summed E-state index contributed by atoms with van der Waals surface area (Å²) in [6, 6.07) is 11.5. The standard InChI is InChI=1S/C20H18Cl2N4O/c21-15-7-6-12(9-16(15)22)14-4-1-5-17-18(14)20(25-11-24-17)26-8-2-3-13(10-26)19(23)27/h1,4-7,9,11,13H,2-3,8,10H2,(H2,23,27). The van der Waals surface area contributed by atoms with Gasteiger partial charge in [0, 0.05) is 13.1 Å². The predicted molar refractivity (Wildman–Crippen MR) is 109 cm³/mol. The summed E-state index contributed by atoms with van der Waals surface area (Å²) in [6.45, 7) is 1.39. The molecule has 138 valence electrons. The van der Waals surface area contributed by atoms with Gasteiger partial charge in [0.15, 0.2) is 0 Å². The molecule has 1 aliphatic heterocycles. The summed E-state index contributed by atoms with van der Waals surface area (Å²) in [7, 11) is 0. The lowest BCUT2D eigenvalue weighted by molar-refractivity contribution is -0.122. The fourth-order valence-corrected chi connectivity index (χ4v) is 3.94. The minimum Gasteiger partial charge on any atom is -0.369 e. The number of piperidine rings is 1. The molecule has 1 fully saturated rings. The van der Waals surface area contributed by atoms with Crippen LogP contribution in [0.4, 0.5) is 5.82 Å². The van der Waals surface area contributed by atoms with E-state index in [0.29, 0.717) is 16.6 Å². The number of nitrogens with zero attached hydrogens (tertiary/aromatic N) is 3. The van der Waals surface area contributed by atoms with Crippen LogP contribution in [0.5, 0.6) is 0 Å². The van der Waals surface area contributed by atoms with E-state index in [-0.39, 0.29) is 11.8 Å². The average molecular weight is 401 g/mol. The molecule has 0 radical (unpaired) electrons. The molecule has 2 aromatic carbocycles. The first-order valence-electron chi connectivity index (χ1n) is 8.78. The van der Waals surface area contributed by atoms with Gasteiger partial charge in [-0.1, -0.05) is 41.4 Å². The number of aromatic nitrogens is 2. The molecule has 1 aliphatic rings. The molecular formula is C20H18Cl2N4O. The first-order valence-corrected chi connectivity index (χ1v) is 9.53. The zero-order valence-corrected chi connectivity index (χ0v) is 16.0. The molecule has 1 unspecified atom stereocenters. The molecule has 0 aliphatic carbocycles. The van der Waals surface area contributed by atoms with E-state index >= 15 is 0 Å². The number of primary amides is 1. The van der Waals surface area contributed by atoms with E-state index in [0.717, 1.165) is 47.2 Å². The number of anilines is 1. The normalized spacial score (nSPS) is 17.3. The molecule has 1 aromatic heterocycles. The van der Waals surface area contributed by atoms with Gasteiger partial charge in [0.05, 0.1) is 26.9 Å². The summed E-state index contributed by atoms with van der Waals surface area (Å²) in [5, 5.41) is 1.94. The highest BCUT2D eigenvalue weighted by molar-refractivity contribution is 6.42. The number of halogens is 2. The van der Waals surface area contributed by atoms with Gasteiger partial charge in [0.25, 0.3) is 0 Å². The van der Waals surface area contributed by atoms with Crippen LogP contribution in [0.2, 0.25) is 10.0 Å². The van der Waals surface area contributed by atoms with Crippen LogP contribution in [0.25, 0.3) is 22.0 Å².